The maximum Gasteiger partial charge on any atom is 0.416 e. The Morgan fingerprint density at radius 3 is 2.55 bits per heavy atom. The van der Waals surface area contributed by atoms with Crippen LogP contribution in [0.15, 0.2) is 36.4 Å². The van der Waals surface area contributed by atoms with Crippen molar-refractivity contribution in [1.29, 1.82) is 0 Å². The number of benzene rings is 1. The molecule has 106 valence electrons. The molecule has 0 aliphatic carbocycles. The van der Waals surface area contributed by atoms with Crippen molar-refractivity contribution in [2.24, 2.45) is 0 Å². The summed E-state index contributed by atoms with van der Waals surface area (Å²) >= 11 is 0. The van der Waals surface area contributed by atoms with Gasteiger partial charge in [0.15, 0.2) is 0 Å². The summed E-state index contributed by atoms with van der Waals surface area (Å²) in [6, 6.07) is 8.00. The maximum absolute atomic E-state index is 12.7. The highest BCUT2D eigenvalue weighted by atomic mass is 19.4. The number of aromatic nitrogens is 1. The Morgan fingerprint density at radius 1 is 1.20 bits per heavy atom. The van der Waals surface area contributed by atoms with E-state index in [1.54, 1.807) is 6.07 Å². The number of pyridine rings is 1. The number of alkyl halides is 3. The highest BCUT2D eigenvalue weighted by molar-refractivity contribution is 5.67. The van der Waals surface area contributed by atoms with Crippen LogP contribution in [0.4, 0.5) is 13.2 Å². The average Bonchev–Trinajstić information content (AvgIpc) is 2.45. The van der Waals surface area contributed by atoms with Gasteiger partial charge in [0.05, 0.1) is 25.0 Å². The highest BCUT2D eigenvalue weighted by Gasteiger charge is 2.30. The number of hydrogen-bond donors (Lipinski definition) is 1. The fourth-order valence-corrected chi connectivity index (χ4v) is 1.84. The van der Waals surface area contributed by atoms with Gasteiger partial charge >= 0.3 is 6.18 Å². The van der Waals surface area contributed by atoms with Gasteiger partial charge in [-0.2, -0.15) is 13.2 Å². The number of halogens is 3. The second-order valence-electron chi connectivity index (χ2n) is 4.08. The summed E-state index contributed by atoms with van der Waals surface area (Å²) < 4.78 is 43.0. The standard InChI is InChI=1S/C14H12F3NO2/c1-20-13-6-5-11(12(8-19)18-13)9-3-2-4-10(7-9)14(15,16)17/h2-7,19H,8H2,1H3. The van der Waals surface area contributed by atoms with E-state index in [-0.39, 0.29) is 12.3 Å². The van der Waals surface area contributed by atoms with Gasteiger partial charge in [0.2, 0.25) is 5.88 Å². The molecule has 6 heteroatoms. The molecule has 0 spiro atoms. The molecule has 1 N–H and O–H groups in total. The lowest BCUT2D eigenvalue weighted by Gasteiger charge is -2.11. The number of nitrogens with zero attached hydrogens (tertiary/aromatic N) is 1. The van der Waals surface area contributed by atoms with Crippen molar-refractivity contribution in [3.63, 3.8) is 0 Å². The van der Waals surface area contributed by atoms with Crippen LogP contribution in [0.5, 0.6) is 5.88 Å². The van der Waals surface area contributed by atoms with Crippen LogP contribution in [0.3, 0.4) is 0 Å². The van der Waals surface area contributed by atoms with E-state index in [9.17, 15) is 18.3 Å². The first-order valence-corrected chi connectivity index (χ1v) is 5.78. The minimum Gasteiger partial charge on any atom is -0.481 e. The van der Waals surface area contributed by atoms with Gasteiger partial charge in [0.1, 0.15) is 0 Å². The van der Waals surface area contributed by atoms with Gasteiger partial charge in [-0.25, -0.2) is 4.98 Å². The molecule has 0 aliphatic rings. The second kappa shape index (κ2) is 5.50. The van der Waals surface area contributed by atoms with Gasteiger partial charge < -0.3 is 9.84 Å². The van der Waals surface area contributed by atoms with Gasteiger partial charge in [-0.3, -0.25) is 0 Å². The fraction of sp³-hybridized carbons (Fsp3) is 0.214. The third-order valence-corrected chi connectivity index (χ3v) is 2.81. The first kappa shape index (κ1) is 14.3. The lowest BCUT2D eigenvalue weighted by Crippen LogP contribution is -2.05. The van der Waals surface area contributed by atoms with Crippen LogP contribution in [-0.2, 0) is 12.8 Å². The van der Waals surface area contributed by atoms with Crippen LogP contribution < -0.4 is 4.74 Å². The molecular weight excluding hydrogens is 271 g/mol. The lowest BCUT2D eigenvalue weighted by molar-refractivity contribution is -0.137. The summed E-state index contributed by atoms with van der Waals surface area (Å²) in [5.41, 5.74) is 0.316. The summed E-state index contributed by atoms with van der Waals surface area (Å²) in [4.78, 5) is 4.02. The van der Waals surface area contributed by atoms with Gasteiger partial charge in [0.25, 0.3) is 0 Å². The van der Waals surface area contributed by atoms with E-state index in [1.165, 1.54) is 25.3 Å². The fourth-order valence-electron chi connectivity index (χ4n) is 1.84. The van der Waals surface area contributed by atoms with Crippen molar-refractivity contribution in [1.82, 2.24) is 4.98 Å². The minimum absolute atomic E-state index is 0.267. The lowest BCUT2D eigenvalue weighted by atomic mass is 10.0. The van der Waals surface area contributed by atoms with Crippen molar-refractivity contribution in [2.75, 3.05) is 7.11 Å². The monoisotopic (exact) mass is 283 g/mol. The van der Waals surface area contributed by atoms with Crippen LogP contribution in [0.2, 0.25) is 0 Å². The molecule has 1 aromatic carbocycles. The van der Waals surface area contributed by atoms with E-state index >= 15 is 0 Å². The van der Waals surface area contributed by atoms with Crippen molar-refractivity contribution >= 4 is 0 Å². The van der Waals surface area contributed by atoms with Gasteiger partial charge in [-0.1, -0.05) is 12.1 Å². The topological polar surface area (TPSA) is 42.4 Å². The quantitative estimate of drug-likeness (QED) is 0.940. The number of hydrogen-bond acceptors (Lipinski definition) is 3. The Morgan fingerprint density at radius 2 is 1.95 bits per heavy atom. The molecule has 0 radical (unpaired) electrons. The molecule has 0 aliphatic heterocycles. The normalized spacial score (nSPS) is 11.4. The van der Waals surface area contributed by atoms with Crippen molar-refractivity contribution in [2.45, 2.75) is 12.8 Å². The molecule has 0 amide bonds. The third-order valence-electron chi connectivity index (χ3n) is 2.81. The molecule has 2 rings (SSSR count). The molecule has 0 saturated carbocycles. The Kier molecular flexibility index (Phi) is 3.94. The second-order valence-corrected chi connectivity index (χ2v) is 4.08. The Hall–Kier alpha value is -2.08. The predicted octanol–water partition coefficient (Wildman–Crippen LogP) is 3.27. The highest BCUT2D eigenvalue weighted by Crippen LogP contribution is 2.33. The van der Waals surface area contributed by atoms with Crippen LogP contribution in [0, 0.1) is 0 Å². The first-order valence-electron chi connectivity index (χ1n) is 5.78. The number of ether oxygens (including phenoxy) is 1. The molecule has 1 heterocycles. The molecule has 20 heavy (non-hydrogen) atoms. The molecule has 0 bridgehead atoms. The van der Waals surface area contributed by atoms with Crippen molar-refractivity contribution < 1.29 is 23.0 Å². The zero-order valence-electron chi connectivity index (χ0n) is 10.6. The molecule has 1 aromatic heterocycles. The minimum atomic E-state index is -4.41. The van der Waals surface area contributed by atoms with Crippen molar-refractivity contribution in [3.8, 4) is 17.0 Å². The average molecular weight is 283 g/mol. The van der Waals surface area contributed by atoms with Crippen LogP contribution in [0.25, 0.3) is 11.1 Å². The Bertz CT molecular complexity index is 612. The van der Waals surface area contributed by atoms with Gasteiger partial charge in [-0.05, 0) is 23.8 Å². The molecule has 3 nitrogen and oxygen atoms in total. The smallest absolute Gasteiger partial charge is 0.416 e. The van der Waals surface area contributed by atoms with E-state index < -0.39 is 11.7 Å². The third kappa shape index (κ3) is 2.91. The van der Waals surface area contributed by atoms with E-state index in [4.69, 9.17) is 4.74 Å². The summed E-state index contributed by atoms with van der Waals surface area (Å²) in [6.07, 6.45) is -4.41. The molecule has 0 unspecified atom stereocenters. The van der Waals surface area contributed by atoms with Crippen LogP contribution in [-0.4, -0.2) is 17.2 Å². The first-order chi connectivity index (χ1) is 9.45. The van der Waals surface area contributed by atoms with Crippen LogP contribution in [0.1, 0.15) is 11.3 Å². The van der Waals surface area contributed by atoms with Crippen LogP contribution >= 0.6 is 0 Å². The maximum atomic E-state index is 12.7. The Balaban J connectivity index is 2.51. The van der Waals surface area contributed by atoms with Gasteiger partial charge in [-0.15, -0.1) is 0 Å². The summed E-state index contributed by atoms with van der Waals surface area (Å²) in [6.45, 7) is -0.386. The molecule has 0 saturated heterocycles. The number of methoxy groups -OCH3 is 1. The molecule has 0 atom stereocenters. The van der Waals surface area contributed by atoms with E-state index in [1.807, 2.05) is 0 Å². The number of rotatable bonds is 3. The van der Waals surface area contributed by atoms with E-state index in [0.29, 0.717) is 17.0 Å². The predicted molar refractivity (Wildman–Crippen MR) is 67.1 cm³/mol. The summed E-state index contributed by atoms with van der Waals surface area (Å²) in [5, 5.41) is 9.29. The Labute approximate surface area is 113 Å². The molecule has 2 aromatic rings. The molecule has 0 fully saturated rings. The van der Waals surface area contributed by atoms with E-state index in [2.05, 4.69) is 4.98 Å². The number of aliphatic hydroxyl groups excluding tert-OH is 1. The zero-order valence-corrected chi connectivity index (χ0v) is 10.6. The van der Waals surface area contributed by atoms with Crippen molar-refractivity contribution in [3.05, 3.63) is 47.7 Å². The van der Waals surface area contributed by atoms with Gasteiger partial charge in [0, 0.05) is 11.6 Å². The molecular formula is C14H12F3NO2. The number of aliphatic hydroxyl groups is 1. The van der Waals surface area contributed by atoms with E-state index in [0.717, 1.165) is 12.1 Å². The summed E-state index contributed by atoms with van der Waals surface area (Å²) in [5.74, 6) is 0.296. The zero-order chi connectivity index (χ0) is 14.8. The largest absolute Gasteiger partial charge is 0.481 e. The SMILES string of the molecule is COc1ccc(-c2cccc(C(F)(F)F)c2)c(CO)n1. The summed E-state index contributed by atoms with van der Waals surface area (Å²) in [7, 11) is 1.42.